The van der Waals surface area contributed by atoms with Gasteiger partial charge < -0.3 is 52.5 Å². The first-order valence-corrected chi connectivity index (χ1v) is 13.2. The maximum absolute atomic E-state index is 11.5. The normalized spacial score (nSPS) is 12.2. The predicted octanol–water partition coefficient (Wildman–Crippen LogP) is 0.717. The maximum Gasteiger partial charge on any atom is 0.308 e. The maximum atomic E-state index is 11.5. The summed E-state index contributed by atoms with van der Waals surface area (Å²) in [7, 11) is 0. The van der Waals surface area contributed by atoms with Crippen LogP contribution in [0.1, 0.15) is 20.3 Å². The first-order valence-electron chi connectivity index (χ1n) is 13.2. The van der Waals surface area contributed by atoms with E-state index in [0.717, 1.165) is 6.42 Å². The van der Waals surface area contributed by atoms with Crippen molar-refractivity contribution in [2.75, 3.05) is 132 Å². The number of esters is 1. The van der Waals surface area contributed by atoms with Crippen molar-refractivity contribution in [3.05, 3.63) is 0 Å². The molecule has 37 heavy (non-hydrogen) atoms. The van der Waals surface area contributed by atoms with E-state index in [9.17, 15) is 4.79 Å². The molecule has 0 aromatic carbocycles. The van der Waals surface area contributed by atoms with Gasteiger partial charge in [-0.05, 0) is 6.42 Å². The SMILES string of the molecule is CCC(C)C(=O)OCCOCCOCCOCCOCCOCCOCCOCCOCCOCCO. The lowest BCUT2D eigenvalue weighted by molar-refractivity contribution is -0.149. The average Bonchev–Trinajstić information content (AvgIpc) is 2.91. The van der Waals surface area contributed by atoms with Crippen LogP contribution in [-0.4, -0.2) is 143 Å². The molecule has 12 heteroatoms. The molecule has 0 aliphatic carbocycles. The third-order valence-corrected chi connectivity index (χ3v) is 4.70. The molecule has 0 bridgehead atoms. The Bertz CT molecular complexity index is 455. The fraction of sp³-hybridized carbons (Fsp3) is 0.960. The van der Waals surface area contributed by atoms with Gasteiger partial charge in [-0.25, -0.2) is 0 Å². The number of aliphatic hydroxyl groups excluding tert-OH is 1. The highest BCUT2D eigenvalue weighted by molar-refractivity contribution is 5.71. The molecule has 1 N–H and O–H groups in total. The zero-order valence-electron chi connectivity index (χ0n) is 22.9. The van der Waals surface area contributed by atoms with Crippen LogP contribution in [0, 0.1) is 5.92 Å². The van der Waals surface area contributed by atoms with Crippen molar-refractivity contribution in [2.45, 2.75) is 20.3 Å². The Labute approximate surface area is 222 Å². The summed E-state index contributed by atoms with van der Waals surface area (Å²) < 4.78 is 53.3. The van der Waals surface area contributed by atoms with Crippen molar-refractivity contribution in [3.8, 4) is 0 Å². The van der Waals surface area contributed by atoms with E-state index in [2.05, 4.69) is 0 Å². The molecule has 0 saturated heterocycles. The lowest BCUT2D eigenvalue weighted by Gasteiger charge is -2.10. The second kappa shape index (κ2) is 31.3. The van der Waals surface area contributed by atoms with Crippen molar-refractivity contribution in [2.24, 2.45) is 5.92 Å². The number of carbonyl (C=O) groups excluding carboxylic acids is 1. The molecule has 0 amide bonds. The van der Waals surface area contributed by atoms with E-state index in [0.29, 0.717) is 119 Å². The van der Waals surface area contributed by atoms with E-state index in [1.165, 1.54) is 0 Å². The van der Waals surface area contributed by atoms with Crippen LogP contribution < -0.4 is 0 Å². The molecular formula is C25H50O12. The molecule has 0 aliphatic rings. The van der Waals surface area contributed by atoms with Crippen LogP contribution in [0.4, 0.5) is 0 Å². The Morgan fingerprint density at radius 2 is 0.730 bits per heavy atom. The fourth-order valence-electron chi connectivity index (χ4n) is 2.44. The van der Waals surface area contributed by atoms with Gasteiger partial charge in [-0.1, -0.05) is 13.8 Å². The fourth-order valence-corrected chi connectivity index (χ4v) is 2.44. The van der Waals surface area contributed by atoms with Gasteiger partial charge in [-0.2, -0.15) is 0 Å². The lowest BCUT2D eigenvalue weighted by Crippen LogP contribution is -2.18. The number of hydrogen-bond acceptors (Lipinski definition) is 12. The van der Waals surface area contributed by atoms with Gasteiger partial charge in [0.1, 0.15) is 6.61 Å². The van der Waals surface area contributed by atoms with E-state index in [1.807, 2.05) is 13.8 Å². The van der Waals surface area contributed by atoms with Gasteiger partial charge in [0.05, 0.1) is 131 Å². The third-order valence-electron chi connectivity index (χ3n) is 4.70. The van der Waals surface area contributed by atoms with E-state index in [4.69, 9.17) is 52.5 Å². The molecule has 1 atom stereocenters. The van der Waals surface area contributed by atoms with Gasteiger partial charge >= 0.3 is 5.97 Å². The Balaban J connectivity index is 3.07. The molecule has 0 heterocycles. The van der Waals surface area contributed by atoms with E-state index in [-0.39, 0.29) is 25.1 Å². The Hall–Kier alpha value is -0.930. The highest BCUT2D eigenvalue weighted by Crippen LogP contribution is 2.02. The third kappa shape index (κ3) is 29.5. The van der Waals surface area contributed by atoms with Gasteiger partial charge in [0.25, 0.3) is 0 Å². The number of hydrogen-bond donors (Lipinski definition) is 1. The van der Waals surface area contributed by atoms with Crippen molar-refractivity contribution >= 4 is 5.97 Å². The average molecular weight is 543 g/mol. The molecule has 0 rings (SSSR count). The lowest BCUT2D eigenvalue weighted by atomic mass is 10.1. The van der Waals surface area contributed by atoms with Gasteiger partial charge in [0.2, 0.25) is 0 Å². The largest absolute Gasteiger partial charge is 0.463 e. The Morgan fingerprint density at radius 1 is 0.486 bits per heavy atom. The number of carbonyl (C=O) groups is 1. The standard InChI is InChI=1S/C25H50O12/c1-3-24(2)25(27)37-23-22-36-21-20-35-19-18-34-17-16-33-15-14-32-13-12-31-11-10-30-9-8-29-7-6-28-5-4-26/h24,26H,3-23H2,1-2H3. The molecule has 0 aromatic heterocycles. The van der Waals surface area contributed by atoms with Gasteiger partial charge in [0, 0.05) is 0 Å². The molecule has 0 fully saturated rings. The summed E-state index contributed by atoms with van der Waals surface area (Å²) in [6.07, 6.45) is 0.772. The van der Waals surface area contributed by atoms with Crippen LogP contribution in [0.5, 0.6) is 0 Å². The van der Waals surface area contributed by atoms with Crippen molar-refractivity contribution < 1.29 is 57.3 Å². The summed E-state index contributed by atoms with van der Waals surface area (Å²) in [4.78, 5) is 11.5. The van der Waals surface area contributed by atoms with Crippen molar-refractivity contribution in [1.82, 2.24) is 0 Å². The first-order chi connectivity index (χ1) is 18.2. The molecule has 222 valence electrons. The van der Waals surface area contributed by atoms with Gasteiger partial charge in [0.15, 0.2) is 0 Å². The molecule has 0 radical (unpaired) electrons. The summed E-state index contributed by atoms with van der Waals surface area (Å²) in [6.45, 7) is 12.6. The highest BCUT2D eigenvalue weighted by atomic mass is 16.6. The van der Waals surface area contributed by atoms with Crippen LogP contribution >= 0.6 is 0 Å². The smallest absolute Gasteiger partial charge is 0.308 e. The number of aliphatic hydroxyl groups is 1. The summed E-state index contributed by atoms with van der Waals surface area (Å²) >= 11 is 0. The minimum absolute atomic E-state index is 0.0243. The van der Waals surface area contributed by atoms with Crippen LogP contribution in [0.2, 0.25) is 0 Å². The summed E-state index contributed by atoms with van der Waals surface area (Å²) in [5.74, 6) is -0.255. The minimum atomic E-state index is -0.184. The van der Waals surface area contributed by atoms with Crippen molar-refractivity contribution in [1.29, 1.82) is 0 Å². The van der Waals surface area contributed by atoms with E-state index < -0.39 is 0 Å². The van der Waals surface area contributed by atoms with Crippen LogP contribution in [0.3, 0.4) is 0 Å². The molecule has 0 saturated carbocycles. The van der Waals surface area contributed by atoms with E-state index >= 15 is 0 Å². The quantitative estimate of drug-likeness (QED) is 0.0978. The molecular weight excluding hydrogens is 492 g/mol. The molecule has 0 spiro atoms. The summed E-state index contributed by atoms with van der Waals surface area (Å²) in [5.41, 5.74) is 0. The van der Waals surface area contributed by atoms with Crippen LogP contribution in [0.25, 0.3) is 0 Å². The first kappa shape index (κ1) is 36.1. The second-order valence-corrected chi connectivity index (χ2v) is 7.71. The minimum Gasteiger partial charge on any atom is -0.463 e. The monoisotopic (exact) mass is 542 g/mol. The molecule has 1 unspecified atom stereocenters. The van der Waals surface area contributed by atoms with Crippen LogP contribution in [-0.2, 0) is 52.2 Å². The Morgan fingerprint density at radius 3 is 0.973 bits per heavy atom. The topological polar surface area (TPSA) is 130 Å². The molecule has 12 nitrogen and oxygen atoms in total. The predicted molar refractivity (Wildman–Crippen MR) is 135 cm³/mol. The van der Waals surface area contributed by atoms with Crippen LogP contribution in [0.15, 0.2) is 0 Å². The zero-order chi connectivity index (χ0) is 27.1. The number of rotatable bonds is 31. The zero-order valence-corrected chi connectivity index (χ0v) is 22.9. The molecule has 0 aromatic rings. The highest BCUT2D eigenvalue weighted by Gasteiger charge is 2.11. The number of ether oxygens (including phenoxy) is 10. The van der Waals surface area contributed by atoms with Gasteiger partial charge in [-0.15, -0.1) is 0 Å². The Kier molecular flexibility index (Phi) is 30.5. The van der Waals surface area contributed by atoms with Crippen molar-refractivity contribution in [3.63, 3.8) is 0 Å². The molecule has 0 aliphatic heterocycles. The summed E-state index contributed by atoms with van der Waals surface area (Å²) in [5, 5.41) is 8.55. The second-order valence-electron chi connectivity index (χ2n) is 7.71. The van der Waals surface area contributed by atoms with E-state index in [1.54, 1.807) is 0 Å². The van der Waals surface area contributed by atoms with Gasteiger partial charge in [-0.3, -0.25) is 4.79 Å². The summed E-state index contributed by atoms with van der Waals surface area (Å²) in [6, 6.07) is 0.